The van der Waals surface area contributed by atoms with Gasteiger partial charge in [0.15, 0.2) is 0 Å². The third-order valence-corrected chi connectivity index (χ3v) is 6.07. The van der Waals surface area contributed by atoms with Crippen molar-refractivity contribution in [3.05, 3.63) is 53.1 Å². The molecule has 1 aliphatic rings. The van der Waals surface area contributed by atoms with Gasteiger partial charge in [-0.15, -0.1) is 0 Å². The summed E-state index contributed by atoms with van der Waals surface area (Å²) in [5.74, 6) is 0.0988. The Labute approximate surface area is 211 Å². The summed E-state index contributed by atoms with van der Waals surface area (Å²) in [4.78, 5) is 38.7. The predicted octanol–water partition coefficient (Wildman–Crippen LogP) is 4.76. The number of rotatable bonds is 7. The van der Waals surface area contributed by atoms with Crippen molar-refractivity contribution < 1.29 is 32.3 Å². The molecule has 194 valence electrons. The fourth-order valence-corrected chi connectivity index (χ4v) is 4.02. The monoisotopic (exact) mass is 526 g/mol. The molecular formula is C24H26ClF3N4O4. The highest BCUT2D eigenvalue weighted by Gasteiger charge is 2.35. The maximum absolute atomic E-state index is 13.1. The molecule has 0 aromatic heterocycles. The molecule has 0 unspecified atom stereocenters. The molecule has 0 spiro atoms. The highest BCUT2D eigenvalue weighted by molar-refractivity contribution is 6.33. The molecule has 4 amide bonds. The molecule has 1 saturated heterocycles. The minimum atomic E-state index is -4.69. The van der Waals surface area contributed by atoms with E-state index in [0.29, 0.717) is 37.4 Å². The number of alkyl halides is 3. The maximum Gasteiger partial charge on any atom is 0.418 e. The van der Waals surface area contributed by atoms with Gasteiger partial charge in [0.25, 0.3) is 0 Å². The van der Waals surface area contributed by atoms with E-state index in [1.807, 2.05) is 0 Å². The van der Waals surface area contributed by atoms with Crippen LogP contribution in [0.1, 0.15) is 24.8 Å². The molecule has 0 radical (unpaired) electrons. The van der Waals surface area contributed by atoms with Gasteiger partial charge in [0.05, 0.1) is 23.4 Å². The van der Waals surface area contributed by atoms with Crippen LogP contribution in [-0.2, 0) is 15.8 Å². The lowest BCUT2D eigenvalue weighted by molar-refractivity contribution is -0.137. The zero-order chi connectivity index (χ0) is 26.3. The maximum atomic E-state index is 13.1. The quantitative estimate of drug-likeness (QED) is 0.484. The standard InChI is InChI=1S/C24H26ClF3N4O4/c1-36-17-7-5-16(6-8-17)30-22(34)15-10-13-32(14-11-15)20(33)9-12-29-23(35)31-21-18(24(26,27)28)3-2-4-19(21)25/h2-8,15H,9-14H2,1H3,(H,30,34)(H2,29,31,35). The Kier molecular flexibility index (Phi) is 9.03. The number of carbonyl (C=O) groups is 3. The van der Waals surface area contributed by atoms with Gasteiger partial charge in [-0.2, -0.15) is 13.2 Å². The van der Waals surface area contributed by atoms with Crippen LogP contribution in [0.15, 0.2) is 42.5 Å². The average molecular weight is 527 g/mol. The van der Waals surface area contributed by atoms with Gasteiger partial charge in [-0.25, -0.2) is 4.79 Å². The second-order valence-electron chi connectivity index (χ2n) is 8.16. The molecule has 2 aromatic rings. The molecule has 36 heavy (non-hydrogen) atoms. The van der Waals surface area contributed by atoms with E-state index in [1.165, 1.54) is 6.07 Å². The van der Waals surface area contributed by atoms with Crippen molar-refractivity contribution in [3.63, 3.8) is 0 Å². The van der Waals surface area contributed by atoms with E-state index in [0.717, 1.165) is 12.1 Å². The summed E-state index contributed by atoms with van der Waals surface area (Å²) in [5, 5.41) is 7.08. The van der Waals surface area contributed by atoms with Gasteiger partial charge in [-0.05, 0) is 49.2 Å². The summed E-state index contributed by atoms with van der Waals surface area (Å²) < 4.78 is 44.5. The van der Waals surface area contributed by atoms with Crippen LogP contribution in [0, 0.1) is 5.92 Å². The Morgan fingerprint density at radius 2 is 1.72 bits per heavy atom. The predicted molar refractivity (Wildman–Crippen MR) is 129 cm³/mol. The van der Waals surface area contributed by atoms with Crippen LogP contribution in [-0.4, -0.2) is 49.5 Å². The van der Waals surface area contributed by atoms with E-state index in [1.54, 1.807) is 36.3 Å². The first kappa shape index (κ1) is 27.1. The average Bonchev–Trinajstić information content (AvgIpc) is 2.85. The Balaban J connectivity index is 1.41. The second-order valence-corrected chi connectivity index (χ2v) is 8.57. The smallest absolute Gasteiger partial charge is 0.418 e. The number of nitrogens with one attached hydrogen (secondary N) is 3. The van der Waals surface area contributed by atoms with Crippen molar-refractivity contribution in [1.82, 2.24) is 10.2 Å². The Bertz CT molecular complexity index is 1090. The van der Waals surface area contributed by atoms with Crippen LogP contribution < -0.4 is 20.7 Å². The minimum Gasteiger partial charge on any atom is -0.497 e. The van der Waals surface area contributed by atoms with Crippen LogP contribution >= 0.6 is 11.6 Å². The van der Waals surface area contributed by atoms with Crippen molar-refractivity contribution in [2.45, 2.75) is 25.4 Å². The number of hydrogen-bond acceptors (Lipinski definition) is 4. The van der Waals surface area contributed by atoms with E-state index in [-0.39, 0.29) is 35.7 Å². The topological polar surface area (TPSA) is 99.8 Å². The number of ether oxygens (including phenoxy) is 1. The lowest BCUT2D eigenvalue weighted by atomic mass is 9.95. The van der Waals surface area contributed by atoms with E-state index >= 15 is 0 Å². The second kappa shape index (κ2) is 12.0. The zero-order valence-corrected chi connectivity index (χ0v) is 20.2. The number of methoxy groups -OCH3 is 1. The van der Waals surface area contributed by atoms with Gasteiger partial charge in [-0.3, -0.25) is 9.59 Å². The van der Waals surface area contributed by atoms with E-state index in [4.69, 9.17) is 16.3 Å². The molecule has 0 bridgehead atoms. The largest absolute Gasteiger partial charge is 0.497 e. The lowest BCUT2D eigenvalue weighted by Gasteiger charge is -2.31. The third-order valence-electron chi connectivity index (χ3n) is 5.76. The van der Waals surface area contributed by atoms with Crippen molar-refractivity contribution >= 4 is 40.8 Å². The summed E-state index contributed by atoms with van der Waals surface area (Å²) in [6, 6.07) is 9.25. The first-order valence-electron chi connectivity index (χ1n) is 11.2. The van der Waals surface area contributed by atoms with Crippen molar-refractivity contribution in [3.8, 4) is 5.75 Å². The van der Waals surface area contributed by atoms with Gasteiger partial charge < -0.3 is 25.6 Å². The van der Waals surface area contributed by atoms with Crippen LogP contribution in [0.5, 0.6) is 5.75 Å². The van der Waals surface area contributed by atoms with E-state index in [2.05, 4.69) is 16.0 Å². The van der Waals surface area contributed by atoms with Gasteiger partial charge in [0.1, 0.15) is 5.75 Å². The van der Waals surface area contributed by atoms with Crippen molar-refractivity contribution in [2.24, 2.45) is 5.92 Å². The molecule has 0 saturated carbocycles. The molecule has 1 aliphatic heterocycles. The fraction of sp³-hybridized carbons (Fsp3) is 0.375. The summed E-state index contributed by atoms with van der Waals surface area (Å²) in [5.41, 5.74) is -0.964. The van der Waals surface area contributed by atoms with Gasteiger partial charge >= 0.3 is 12.2 Å². The molecule has 3 N–H and O–H groups in total. The summed E-state index contributed by atoms with van der Waals surface area (Å²) >= 11 is 5.82. The normalized spacial score (nSPS) is 14.2. The molecule has 0 atom stereocenters. The van der Waals surface area contributed by atoms with Crippen LogP contribution in [0.25, 0.3) is 0 Å². The Hall–Kier alpha value is -3.47. The molecule has 8 nitrogen and oxygen atoms in total. The highest BCUT2D eigenvalue weighted by Crippen LogP contribution is 2.38. The number of piperidine rings is 1. The molecule has 0 aliphatic carbocycles. The van der Waals surface area contributed by atoms with Crippen LogP contribution in [0.2, 0.25) is 5.02 Å². The van der Waals surface area contributed by atoms with Crippen LogP contribution in [0.3, 0.4) is 0 Å². The number of benzene rings is 2. The number of urea groups is 1. The molecule has 1 heterocycles. The SMILES string of the molecule is COc1ccc(NC(=O)C2CCN(C(=O)CCNC(=O)Nc3c(Cl)cccc3C(F)(F)F)CC2)cc1. The minimum absolute atomic E-state index is 0.0369. The summed E-state index contributed by atoms with van der Waals surface area (Å²) in [6.45, 7) is 0.703. The molecular weight excluding hydrogens is 501 g/mol. The molecule has 12 heteroatoms. The zero-order valence-electron chi connectivity index (χ0n) is 19.5. The van der Waals surface area contributed by atoms with Crippen molar-refractivity contribution in [1.29, 1.82) is 0 Å². The van der Waals surface area contributed by atoms with Gasteiger partial charge in [-0.1, -0.05) is 17.7 Å². The summed E-state index contributed by atoms with van der Waals surface area (Å²) in [7, 11) is 1.56. The Morgan fingerprint density at radius 1 is 1.06 bits per heavy atom. The molecule has 1 fully saturated rings. The number of carbonyl (C=O) groups excluding carboxylic acids is 3. The number of nitrogens with zero attached hydrogens (tertiary/aromatic N) is 1. The van der Waals surface area contributed by atoms with Crippen LogP contribution in [0.4, 0.5) is 29.3 Å². The fourth-order valence-electron chi connectivity index (χ4n) is 3.80. The number of hydrogen-bond donors (Lipinski definition) is 3. The molecule has 3 rings (SSSR count). The number of halogens is 4. The Morgan fingerprint density at radius 3 is 2.33 bits per heavy atom. The third kappa shape index (κ3) is 7.27. The lowest BCUT2D eigenvalue weighted by Crippen LogP contribution is -2.42. The highest BCUT2D eigenvalue weighted by atomic mass is 35.5. The number of amides is 4. The number of para-hydroxylation sites is 1. The van der Waals surface area contributed by atoms with Crippen molar-refractivity contribution in [2.75, 3.05) is 37.4 Å². The van der Waals surface area contributed by atoms with Gasteiger partial charge in [0.2, 0.25) is 11.8 Å². The number of anilines is 2. The number of likely N-dealkylation sites (tertiary alicyclic amines) is 1. The van der Waals surface area contributed by atoms with E-state index in [9.17, 15) is 27.6 Å². The van der Waals surface area contributed by atoms with Gasteiger partial charge in [0, 0.05) is 37.7 Å². The van der Waals surface area contributed by atoms with E-state index < -0.39 is 23.5 Å². The first-order chi connectivity index (χ1) is 17.1. The summed E-state index contributed by atoms with van der Waals surface area (Å²) in [6.07, 6.45) is -3.74. The first-order valence-corrected chi connectivity index (χ1v) is 11.6. The molecule has 2 aromatic carbocycles.